The molecule has 0 bridgehead atoms. The number of carbonyl (C=O) groups excluding carboxylic acids is 2. The van der Waals surface area contributed by atoms with Crippen molar-refractivity contribution in [2.75, 3.05) is 13.6 Å². The molecule has 1 unspecified atom stereocenters. The molecule has 0 saturated carbocycles. The van der Waals surface area contributed by atoms with Crippen LogP contribution < -0.4 is 5.56 Å². The summed E-state index contributed by atoms with van der Waals surface area (Å²) in [7, 11) is 1.47. The number of H-pyrrole nitrogens is 1. The fourth-order valence-electron chi connectivity index (χ4n) is 4.96. The number of hydrogen-bond acceptors (Lipinski definition) is 4. The van der Waals surface area contributed by atoms with Crippen molar-refractivity contribution in [1.29, 1.82) is 0 Å². The van der Waals surface area contributed by atoms with Gasteiger partial charge >= 0.3 is 6.09 Å². The van der Waals surface area contributed by atoms with E-state index in [1.54, 1.807) is 20.8 Å². The topological polar surface area (TPSA) is 87.1 Å². The first-order chi connectivity index (χ1) is 18.7. The van der Waals surface area contributed by atoms with Gasteiger partial charge < -0.3 is 19.0 Å². The van der Waals surface area contributed by atoms with Crippen LogP contribution in [0.15, 0.2) is 47.5 Å². The number of nitrogens with zero attached hydrogens (tertiary/aromatic N) is 3. The number of alkyl halides is 2. The van der Waals surface area contributed by atoms with Crippen LogP contribution in [0.4, 0.5) is 22.4 Å². The minimum Gasteiger partial charge on any atom is -0.444 e. The number of aromatic nitrogens is 2. The summed E-state index contributed by atoms with van der Waals surface area (Å²) in [6.45, 7) is 4.91. The van der Waals surface area contributed by atoms with Gasteiger partial charge in [0.05, 0.1) is 23.5 Å². The van der Waals surface area contributed by atoms with E-state index in [2.05, 4.69) is 4.98 Å². The molecule has 4 heterocycles. The van der Waals surface area contributed by atoms with Crippen molar-refractivity contribution in [2.45, 2.75) is 45.4 Å². The van der Waals surface area contributed by atoms with Crippen molar-refractivity contribution in [1.82, 2.24) is 19.2 Å². The summed E-state index contributed by atoms with van der Waals surface area (Å²) in [4.78, 5) is 44.8. The second-order valence-corrected chi connectivity index (χ2v) is 10.8. The van der Waals surface area contributed by atoms with Gasteiger partial charge in [0, 0.05) is 48.3 Å². The summed E-state index contributed by atoms with van der Waals surface area (Å²) >= 11 is 0. The number of pyridine rings is 2. The van der Waals surface area contributed by atoms with Crippen molar-refractivity contribution in [2.24, 2.45) is 0 Å². The third kappa shape index (κ3) is 4.89. The summed E-state index contributed by atoms with van der Waals surface area (Å²) in [5.41, 5.74) is -0.550. The monoisotopic (exact) mass is 558 g/mol. The number of carbonyl (C=O) groups is 2. The van der Waals surface area contributed by atoms with E-state index < -0.39 is 47.3 Å². The van der Waals surface area contributed by atoms with E-state index in [4.69, 9.17) is 4.74 Å². The average Bonchev–Trinajstić information content (AvgIpc) is 3.30. The van der Waals surface area contributed by atoms with Crippen molar-refractivity contribution in [3.05, 3.63) is 87.1 Å². The summed E-state index contributed by atoms with van der Waals surface area (Å²) in [5, 5.41) is -0.00175. The number of benzene rings is 1. The molecule has 12 heteroatoms. The van der Waals surface area contributed by atoms with Crippen molar-refractivity contribution in [3.8, 4) is 0 Å². The number of fused-ring (bicyclic) bond motifs is 4. The van der Waals surface area contributed by atoms with Gasteiger partial charge in [0.25, 0.3) is 17.9 Å². The van der Waals surface area contributed by atoms with Crippen molar-refractivity contribution in [3.63, 3.8) is 0 Å². The minimum atomic E-state index is -2.68. The van der Waals surface area contributed by atoms with Crippen LogP contribution in [0.2, 0.25) is 0 Å². The molecule has 1 aliphatic rings. The Kier molecular flexibility index (Phi) is 6.59. The molecule has 0 fully saturated rings. The van der Waals surface area contributed by atoms with E-state index in [-0.39, 0.29) is 40.7 Å². The highest BCUT2D eigenvalue weighted by atomic mass is 19.3. The van der Waals surface area contributed by atoms with Crippen LogP contribution in [0.25, 0.3) is 16.3 Å². The van der Waals surface area contributed by atoms with Gasteiger partial charge in [0.15, 0.2) is 11.6 Å². The number of nitrogens with one attached hydrogen (secondary N) is 1. The Bertz CT molecular complexity index is 1720. The first-order valence-electron chi connectivity index (χ1n) is 12.4. The van der Waals surface area contributed by atoms with Crippen molar-refractivity contribution >= 4 is 28.3 Å². The zero-order valence-corrected chi connectivity index (χ0v) is 22.1. The molecule has 1 atom stereocenters. The van der Waals surface area contributed by atoms with Crippen LogP contribution in [0, 0.1) is 11.6 Å². The number of halogens is 4. The van der Waals surface area contributed by atoms with Crippen LogP contribution in [-0.2, 0) is 11.3 Å². The lowest BCUT2D eigenvalue weighted by molar-refractivity contribution is 0.0142. The summed E-state index contributed by atoms with van der Waals surface area (Å²) in [6.07, 6.45) is -0.466. The lowest BCUT2D eigenvalue weighted by atomic mass is 9.92. The molecule has 2 amide bonds. The highest BCUT2D eigenvalue weighted by Crippen LogP contribution is 2.36. The number of amides is 2. The molecular weight excluding hydrogens is 532 g/mol. The molecule has 1 N–H and O–H groups in total. The second-order valence-electron chi connectivity index (χ2n) is 10.8. The van der Waals surface area contributed by atoms with E-state index in [0.29, 0.717) is 11.1 Å². The molecular formula is C28H26F4N4O4. The molecule has 0 spiro atoms. The Balaban J connectivity index is 1.61. The molecule has 0 saturated heterocycles. The highest BCUT2D eigenvalue weighted by molar-refractivity contribution is 5.96. The zero-order chi connectivity index (χ0) is 29.1. The van der Waals surface area contributed by atoms with Crippen LogP contribution >= 0.6 is 0 Å². The zero-order valence-electron chi connectivity index (χ0n) is 22.1. The molecule has 0 aliphatic carbocycles. The van der Waals surface area contributed by atoms with Gasteiger partial charge in [-0.3, -0.25) is 14.5 Å². The van der Waals surface area contributed by atoms with E-state index >= 15 is 0 Å². The number of ether oxygens (including phenoxy) is 1. The molecule has 0 radical (unpaired) electrons. The Morgan fingerprint density at radius 2 is 1.77 bits per heavy atom. The Hall–Kier alpha value is -4.35. The van der Waals surface area contributed by atoms with Gasteiger partial charge in [0.2, 0.25) is 0 Å². The molecule has 8 nitrogen and oxygen atoms in total. The maximum absolute atomic E-state index is 14.4. The molecule has 210 valence electrons. The third-order valence-corrected chi connectivity index (χ3v) is 6.82. The average molecular weight is 559 g/mol. The molecule has 5 rings (SSSR count). The summed E-state index contributed by atoms with van der Waals surface area (Å²) < 4.78 is 61.9. The summed E-state index contributed by atoms with van der Waals surface area (Å²) in [5.74, 6) is -2.89. The van der Waals surface area contributed by atoms with E-state index in [0.717, 1.165) is 12.1 Å². The first kappa shape index (κ1) is 27.2. The van der Waals surface area contributed by atoms with Gasteiger partial charge in [-0.15, -0.1) is 0 Å². The van der Waals surface area contributed by atoms with Gasteiger partial charge in [-0.2, -0.15) is 0 Å². The summed E-state index contributed by atoms with van der Waals surface area (Å²) in [6, 6.07) is 4.78. The van der Waals surface area contributed by atoms with E-state index in [9.17, 15) is 31.9 Å². The number of rotatable bonds is 3. The maximum atomic E-state index is 14.4. The Morgan fingerprint density at radius 1 is 1.10 bits per heavy atom. The lowest BCUT2D eigenvalue weighted by Crippen LogP contribution is -2.47. The largest absolute Gasteiger partial charge is 0.444 e. The highest BCUT2D eigenvalue weighted by Gasteiger charge is 2.37. The van der Waals surface area contributed by atoms with Crippen LogP contribution in [0.3, 0.4) is 0 Å². The first-order valence-corrected chi connectivity index (χ1v) is 12.4. The second kappa shape index (κ2) is 9.68. The molecule has 3 aromatic heterocycles. The predicted octanol–water partition coefficient (Wildman–Crippen LogP) is 5.56. The quantitative estimate of drug-likeness (QED) is 0.334. The Morgan fingerprint density at radius 3 is 2.42 bits per heavy atom. The molecule has 1 aromatic carbocycles. The number of likely N-dealkylation sites (N-methyl/N-ethyl adjacent to an activating group) is 1. The number of aromatic amines is 1. The van der Waals surface area contributed by atoms with Crippen molar-refractivity contribution < 1.29 is 31.9 Å². The smallest absolute Gasteiger partial charge is 0.410 e. The molecule has 4 aromatic rings. The van der Waals surface area contributed by atoms with Crippen LogP contribution in [0.1, 0.15) is 60.4 Å². The standard InChI is InChI=1S/C28H26F4N4O4/c1-28(2,3)40-27(39)36-12-21-23(17-9-19(29)20(30)10-18(17)25(37)33-21)22(13-36)34(4)26(38)15-8-16-7-14(24(31)32)5-6-35(16)11-15/h5-11,22,24H,12-13H2,1-4H3,(H,33,37). The van der Waals surface area contributed by atoms with Gasteiger partial charge in [-0.05, 0) is 56.5 Å². The number of hydrogen-bond donors (Lipinski definition) is 1. The van der Waals surface area contributed by atoms with Gasteiger partial charge in [-0.1, -0.05) is 0 Å². The third-order valence-electron chi connectivity index (χ3n) is 6.82. The van der Waals surface area contributed by atoms with Crippen LogP contribution in [0.5, 0.6) is 0 Å². The minimum absolute atomic E-state index is 0.0762. The lowest BCUT2D eigenvalue weighted by Gasteiger charge is -2.39. The fraction of sp³-hybridized carbons (Fsp3) is 0.321. The SMILES string of the molecule is CN(C(=O)c1cc2cc(C(F)F)ccn2c1)C1CN(C(=O)OC(C)(C)C)Cc2[nH]c(=O)c3cc(F)c(F)cc3c21. The molecule has 40 heavy (non-hydrogen) atoms. The molecule has 1 aliphatic heterocycles. The Labute approximate surface area is 225 Å². The van der Waals surface area contributed by atoms with Gasteiger partial charge in [-0.25, -0.2) is 22.4 Å². The normalized spacial score (nSPS) is 15.5. The van der Waals surface area contributed by atoms with E-state index in [1.807, 2.05) is 0 Å². The predicted molar refractivity (Wildman–Crippen MR) is 138 cm³/mol. The van der Waals surface area contributed by atoms with Gasteiger partial charge in [0.1, 0.15) is 5.60 Å². The maximum Gasteiger partial charge on any atom is 0.410 e. The van der Waals surface area contributed by atoms with Crippen LogP contribution in [-0.4, -0.2) is 50.4 Å². The fourth-order valence-corrected chi connectivity index (χ4v) is 4.96. The van der Waals surface area contributed by atoms with E-state index in [1.165, 1.54) is 51.8 Å².